The van der Waals surface area contributed by atoms with E-state index in [0.717, 1.165) is 22.4 Å². The molecular weight excluding hydrogens is 454 g/mol. The van der Waals surface area contributed by atoms with Crippen molar-refractivity contribution < 1.29 is 23.8 Å². The van der Waals surface area contributed by atoms with Crippen molar-refractivity contribution in [3.05, 3.63) is 58.0 Å². The SMILES string of the molecule is COc1cc(/C=C2\SC(=Nc3cc(C)ccc3C)NC2=O)ccc1OCC(=O)N1CCOCC1. The number of benzene rings is 2. The number of methoxy groups -OCH3 is 1. The first-order valence-corrected chi connectivity index (χ1v) is 11.8. The highest BCUT2D eigenvalue weighted by Crippen LogP contribution is 2.33. The summed E-state index contributed by atoms with van der Waals surface area (Å²) < 4.78 is 16.4. The predicted molar refractivity (Wildman–Crippen MR) is 133 cm³/mol. The third kappa shape index (κ3) is 5.78. The summed E-state index contributed by atoms with van der Waals surface area (Å²) >= 11 is 1.29. The van der Waals surface area contributed by atoms with Crippen LogP contribution in [-0.2, 0) is 14.3 Å². The van der Waals surface area contributed by atoms with Crippen LogP contribution in [0, 0.1) is 13.8 Å². The van der Waals surface area contributed by atoms with Gasteiger partial charge in [-0.05, 0) is 66.6 Å². The van der Waals surface area contributed by atoms with Crippen LogP contribution in [0.3, 0.4) is 0 Å². The van der Waals surface area contributed by atoms with Gasteiger partial charge >= 0.3 is 0 Å². The Labute approximate surface area is 203 Å². The molecule has 1 N–H and O–H groups in total. The van der Waals surface area contributed by atoms with E-state index in [1.54, 1.807) is 23.1 Å². The number of carbonyl (C=O) groups excluding carboxylic acids is 2. The topological polar surface area (TPSA) is 89.5 Å². The van der Waals surface area contributed by atoms with Gasteiger partial charge in [-0.3, -0.25) is 9.59 Å². The smallest absolute Gasteiger partial charge is 0.264 e. The molecule has 2 aliphatic heterocycles. The second kappa shape index (κ2) is 10.8. The van der Waals surface area contributed by atoms with Gasteiger partial charge in [0.15, 0.2) is 23.3 Å². The van der Waals surface area contributed by atoms with E-state index < -0.39 is 0 Å². The fraction of sp³-hybridized carbons (Fsp3) is 0.320. The molecule has 0 unspecified atom stereocenters. The van der Waals surface area contributed by atoms with Crippen LogP contribution in [0.1, 0.15) is 16.7 Å². The monoisotopic (exact) mass is 481 g/mol. The first-order chi connectivity index (χ1) is 16.4. The third-order valence-electron chi connectivity index (χ3n) is 5.44. The van der Waals surface area contributed by atoms with Gasteiger partial charge in [-0.2, -0.15) is 0 Å². The van der Waals surface area contributed by atoms with Crippen LogP contribution in [0.15, 0.2) is 46.3 Å². The van der Waals surface area contributed by atoms with Crippen LogP contribution >= 0.6 is 11.8 Å². The summed E-state index contributed by atoms with van der Waals surface area (Å²) in [5.41, 5.74) is 3.75. The highest BCUT2D eigenvalue weighted by atomic mass is 32.2. The zero-order valence-corrected chi connectivity index (χ0v) is 20.2. The van der Waals surface area contributed by atoms with Crippen molar-refractivity contribution in [1.82, 2.24) is 10.2 Å². The minimum absolute atomic E-state index is 0.0761. The second-order valence-electron chi connectivity index (χ2n) is 7.96. The number of ether oxygens (including phenoxy) is 3. The van der Waals surface area contributed by atoms with Crippen molar-refractivity contribution in [2.24, 2.45) is 4.99 Å². The Kier molecular flexibility index (Phi) is 7.54. The molecular formula is C25H27N3O5S. The lowest BCUT2D eigenvalue weighted by Crippen LogP contribution is -2.43. The van der Waals surface area contributed by atoms with Crippen molar-refractivity contribution in [2.75, 3.05) is 40.0 Å². The lowest BCUT2D eigenvalue weighted by atomic mass is 10.1. The maximum absolute atomic E-state index is 12.5. The average Bonchev–Trinajstić information content (AvgIpc) is 3.19. The van der Waals surface area contributed by atoms with Gasteiger partial charge in [-0.15, -0.1) is 0 Å². The van der Waals surface area contributed by atoms with Gasteiger partial charge in [-0.1, -0.05) is 18.2 Å². The van der Waals surface area contributed by atoms with Crippen molar-refractivity contribution >= 4 is 40.5 Å². The van der Waals surface area contributed by atoms with Gasteiger partial charge < -0.3 is 24.4 Å². The molecule has 0 radical (unpaired) electrons. The summed E-state index contributed by atoms with van der Waals surface area (Å²) in [6, 6.07) is 11.4. The van der Waals surface area contributed by atoms with Crippen LogP contribution in [-0.4, -0.2) is 61.9 Å². The van der Waals surface area contributed by atoms with Gasteiger partial charge in [0.2, 0.25) is 0 Å². The van der Waals surface area contributed by atoms with Crippen LogP contribution in [0.2, 0.25) is 0 Å². The number of aliphatic imine (C=N–C) groups is 1. The highest BCUT2D eigenvalue weighted by molar-refractivity contribution is 8.18. The Morgan fingerprint density at radius 3 is 2.74 bits per heavy atom. The standard InChI is InChI=1S/C25H27N3O5S/c1-16-4-5-17(2)19(12-16)26-25-27-24(30)22(34-25)14-18-6-7-20(21(13-18)31-3)33-15-23(29)28-8-10-32-11-9-28/h4-7,12-14H,8-11,15H2,1-3H3,(H,26,27,30)/b22-14-. The van der Waals surface area contributed by atoms with E-state index in [1.807, 2.05) is 38.1 Å². The predicted octanol–water partition coefficient (Wildman–Crippen LogP) is 3.44. The van der Waals surface area contributed by atoms with Gasteiger partial charge in [0.1, 0.15) is 0 Å². The zero-order chi connectivity index (χ0) is 24.1. The number of nitrogens with one attached hydrogen (secondary N) is 1. The van der Waals surface area contributed by atoms with Crippen LogP contribution in [0.25, 0.3) is 6.08 Å². The van der Waals surface area contributed by atoms with Gasteiger partial charge in [0.05, 0.1) is 30.9 Å². The average molecular weight is 482 g/mol. The number of hydrogen-bond acceptors (Lipinski definition) is 7. The van der Waals surface area contributed by atoms with Crippen LogP contribution < -0.4 is 14.8 Å². The Hall–Kier alpha value is -3.30. The Morgan fingerprint density at radius 1 is 1.18 bits per heavy atom. The van der Waals surface area contributed by atoms with Crippen LogP contribution in [0.5, 0.6) is 11.5 Å². The molecule has 0 atom stereocenters. The van der Waals surface area contributed by atoms with Gasteiger partial charge in [0, 0.05) is 13.1 Å². The molecule has 2 saturated heterocycles. The summed E-state index contributed by atoms with van der Waals surface area (Å²) in [7, 11) is 1.54. The molecule has 2 aromatic carbocycles. The normalized spacial score (nSPS) is 18.3. The van der Waals surface area contributed by atoms with E-state index >= 15 is 0 Å². The molecule has 2 heterocycles. The second-order valence-corrected chi connectivity index (χ2v) is 8.99. The first kappa shape index (κ1) is 23.8. The molecule has 2 amide bonds. The molecule has 34 heavy (non-hydrogen) atoms. The minimum Gasteiger partial charge on any atom is -0.493 e. The molecule has 8 nitrogen and oxygen atoms in total. The lowest BCUT2D eigenvalue weighted by Gasteiger charge is -2.26. The summed E-state index contributed by atoms with van der Waals surface area (Å²) in [6.07, 6.45) is 1.77. The number of thioether (sulfide) groups is 1. The molecule has 178 valence electrons. The van der Waals surface area contributed by atoms with Gasteiger partial charge in [0.25, 0.3) is 11.8 Å². The number of nitrogens with zero attached hydrogens (tertiary/aromatic N) is 2. The van der Waals surface area contributed by atoms with Crippen LogP contribution in [0.4, 0.5) is 5.69 Å². The summed E-state index contributed by atoms with van der Waals surface area (Å²) in [6.45, 7) is 6.14. The molecule has 4 rings (SSSR count). The van der Waals surface area contributed by atoms with E-state index in [0.29, 0.717) is 47.9 Å². The Morgan fingerprint density at radius 2 is 1.97 bits per heavy atom. The number of hydrogen-bond donors (Lipinski definition) is 1. The molecule has 0 aliphatic carbocycles. The highest BCUT2D eigenvalue weighted by Gasteiger charge is 2.24. The maximum atomic E-state index is 12.5. The number of aryl methyl sites for hydroxylation is 2. The third-order valence-corrected chi connectivity index (χ3v) is 6.35. The number of rotatable bonds is 6. The van der Waals surface area contributed by atoms with Crippen molar-refractivity contribution in [3.8, 4) is 11.5 Å². The molecule has 0 bridgehead atoms. The number of carbonyl (C=O) groups is 2. The lowest BCUT2D eigenvalue weighted by molar-refractivity contribution is -0.137. The number of amidine groups is 1. The summed E-state index contributed by atoms with van der Waals surface area (Å²) in [4.78, 5) is 31.7. The zero-order valence-electron chi connectivity index (χ0n) is 19.4. The van der Waals surface area contributed by atoms with E-state index in [2.05, 4.69) is 10.3 Å². The van der Waals surface area contributed by atoms with E-state index in [-0.39, 0.29) is 18.4 Å². The van der Waals surface area contributed by atoms with Crippen molar-refractivity contribution in [2.45, 2.75) is 13.8 Å². The fourth-order valence-corrected chi connectivity index (χ4v) is 4.35. The Balaban J connectivity index is 1.45. The molecule has 2 aliphatic rings. The quantitative estimate of drug-likeness (QED) is 0.636. The molecule has 9 heteroatoms. The molecule has 2 aromatic rings. The maximum Gasteiger partial charge on any atom is 0.264 e. The number of morpholine rings is 1. The summed E-state index contributed by atoms with van der Waals surface area (Å²) in [5, 5.41) is 3.36. The Bertz CT molecular complexity index is 1160. The minimum atomic E-state index is -0.204. The fourth-order valence-electron chi connectivity index (χ4n) is 3.52. The van der Waals surface area contributed by atoms with E-state index in [1.165, 1.54) is 18.9 Å². The summed E-state index contributed by atoms with van der Waals surface area (Å²) in [5.74, 6) is 0.652. The molecule has 2 fully saturated rings. The molecule has 0 spiro atoms. The number of amides is 2. The van der Waals surface area contributed by atoms with E-state index in [9.17, 15) is 9.59 Å². The van der Waals surface area contributed by atoms with Crippen molar-refractivity contribution in [1.29, 1.82) is 0 Å². The van der Waals surface area contributed by atoms with Gasteiger partial charge in [-0.25, -0.2) is 4.99 Å². The molecule has 0 aromatic heterocycles. The first-order valence-electron chi connectivity index (χ1n) is 11.0. The van der Waals surface area contributed by atoms with Crippen molar-refractivity contribution in [3.63, 3.8) is 0 Å². The van der Waals surface area contributed by atoms with E-state index in [4.69, 9.17) is 14.2 Å². The molecule has 0 saturated carbocycles. The largest absolute Gasteiger partial charge is 0.493 e.